The molecule has 6 heteroatoms. The average molecular weight is 364 g/mol. The first-order chi connectivity index (χ1) is 13.2. The van der Waals surface area contributed by atoms with Crippen LogP contribution in [0.3, 0.4) is 0 Å². The van der Waals surface area contributed by atoms with Gasteiger partial charge in [0.15, 0.2) is 0 Å². The van der Waals surface area contributed by atoms with Crippen LogP contribution < -0.4 is 10.6 Å². The molecule has 0 unspecified atom stereocenters. The summed E-state index contributed by atoms with van der Waals surface area (Å²) >= 11 is 0. The Morgan fingerprint density at radius 1 is 0.963 bits per heavy atom. The van der Waals surface area contributed by atoms with Gasteiger partial charge in [-0.3, -0.25) is 9.78 Å². The van der Waals surface area contributed by atoms with Crippen LogP contribution in [0.5, 0.6) is 0 Å². The van der Waals surface area contributed by atoms with Gasteiger partial charge >= 0.3 is 6.03 Å². The highest BCUT2D eigenvalue weighted by Crippen LogP contribution is 2.28. The highest BCUT2D eigenvalue weighted by Gasteiger charge is 2.23. The number of hydrogen-bond donors (Lipinski definition) is 2. The quantitative estimate of drug-likeness (QED) is 0.856. The van der Waals surface area contributed by atoms with Crippen LogP contribution in [0.25, 0.3) is 0 Å². The van der Waals surface area contributed by atoms with Crippen LogP contribution in [-0.4, -0.2) is 21.8 Å². The molecule has 6 nitrogen and oxygen atoms in total. The second kappa shape index (κ2) is 7.78. The summed E-state index contributed by atoms with van der Waals surface area (Å²) in [6, 6.07) is 9.09. The van der Waals surface area contributed by atoms with Crippen molar-refractivity contribution >= 4 is 23.3 Å². The van der Waals surface area contributed by atoms with Crippen LogP contribution in [-0.2, 0) is 17.9 Å². The predicted molar refractivity (Wildman–Crippen MR) is 104 cm³/mol. The van der Waals surface area contributed by atoms with Gasteiger partial charge in [0.1, 0.15) is 0 Å². The summed E-state index contributed by atoms with van der Waals surface area (Å²) in [5.41, 5.74) is 3.70. The van der Waals surface area contributed by atoms with Crippen LogP contribution in [0.2, 0.25) is 0 Å². The first-order valence-electron chi connectivity index (χ1n) is 9.55. The molecule has 0 bridgehead atoms. The number of pyridine rings is 1. The SMILES string of the molecule is O=C(CC1CCCC1)Nc1ccc(NC(=O)N2Cc3ccncc3C2)cc1. The number of rotatable bonds is 4. The van der Waals surface area contributed by atoms with E-state index >= 15 is 0 Å². The second-order valence-electron chi connectivity index (χ2n) is 7.41. The van der Waals surface area contributed by atoms with Crippen molar-refractivity contribution in [3.63, 3.8) is 0 Å². The molecule has 1 aliphatic carbocycles. The number of fused-ring (bicyclic) bond motifs is 1. The third-order valence-corrected chi connectivity index (χ3v) is 5.38. The van der Waals surface area contributed by atoms with E-state index in [-0.39, 0.29) is 11.9 Å². The summed E-state index contributed by atoms with van der Waals surface area (Å²) in [6.07, 6.45) is 8.97. The van der Waals surface area contributed by atoms with E-state index in [2.05, 4.69) is 15.6 Å². The molecule has 3 amide bonds. The normalized spacial score (nSPS) is 16.2. The summed E-state index contributed by atoms with van der Waals surface area (Å²) in [5.74, 6) is 0.602. The van der Waals surface area contributed by atoms with Gasteiger partial charge in [0, 0.05) is 43.3 Å². The Morgan fingerprint density at radius 2 is 1.63 bits per heavy atom. The van der Waals surface area contributed by atoms with Crippen molar-refractivity contribution in [2.75, 3.05) is 10.6 Å². The largest absolute Gasteiger partial charge is 0.326 e. The van der Waals surface area contributed by atoms with Crippen molar-refractivity contribution in [1.29, 1.82) is 0 Å². The van der Waals surface area contributed by atoms with Gasteiger partial charge in [-0.1, -0.05) is 12.8 Å². The molecule has 1 aromatic heterocycles. The molecule has 4 rings (SSSR count). The zero-order valence-electron chi connectivity index (χ0n) is 15.3. The minimum atomic E-state index is -0.135. The molecule has 1 aliphatic heterocycles. The van der Waals surface area contributed by atoms with Gasteiger partial charge in [0.25, 0.3) is 0 Å². The third-order valence-electron chi connectivity index (χ3n) is 5.38. The van der Waals surface area contributed by atoms with E-state index in [1.54, 1.807) is 11.1 Å². The van der Waals surface area contributed by atoms with Gasteiger partial charge in [0.2, 0.25) is 5.91 Å². The predicted octanol–water partition coefficient (Wildman–Crippen LogP) is 4.15. The van der Waals surface area contributed by atoms with E-state index in [0.29, 0.717) is 31.1 Å². The summed E-state index contributed by atoms with van der Waals surface area (Å²) in [4.78, 5) is 30.4. The number of carbonyl (C=O) groups excluding carboxylic acids is 2. The first kappa shape index (κ1) is 17.5. The van der Waals surface area contributed by atoms with Crippen molar-refractivity contribution < 1.29 is 9.59 Å². The lowest BCUT2D eigenvalue weighted by molar-refractivity contribution is -0.117. The Bertz CT molecular complexity index is 803. The van der Waals surface area contributed by atoms with Crippen LogP contribution in [0.15, 0.2) is 42.7 Å². The van der Waals surface area contributed by atoms with E-state index in [9.17, 15) is 9.59 Å². The molecular weight excluding hydrogens is 340 g/mol. The fourth-order valence-corrected chi connectivity index (χ4v) is 3.89. The summed E-state index contributed by atoms with van der Waals surface area (Å²) < 4.78 is 0. The summed E-state index contributed by atoms with van der Waals surface area (Å²) in [6.45, 7) is 1.17. The third kappa shape index (κ3) is 4.27. The molecule has 1 fully saturated rings. The van der Waals surface area contributed by atoms with Crippen molar-refractivity contribution in [1.82, 2.24) is 9.88 Å². The monoisotopic (exact) mass is 364 g/mol. The lowest BCUT2D eigenvalue weighted by Crippen LogP contribution is -2.30. The minimum absolute atomic E-state index is 0.0714. The zero-order chi connectivity index (χ0) is 18.6. The van der Waals surface area contributed by atoms with Crippen LogP contribution >= 0.6 is 0 Å². The first-order valence-corrected chi connectivity index (χ1v) is 9.55. The molecule has 0 spiro atoms. The van der Waals surface area contributed by atoms with E-state index in [1.165, 1.54) is 12.8 Å². The standard InChI is InChI=1S/C21H24N4O2/c26-20(11-15-3-1-2-4-15)23-18-5-7-19(8-6-18)24-21(27)25-13-16-9-10-22-12-17(16)14-25/h5-10,12,15H,1-4,11,13-14H2,(H,23,26)(H,24,27). The van der Waals surface area contributed by atoms with Crippen molar-refractivity contribution in [3.8, 4) is 0 Å². The highest BCUT2D eigenvalue weighted by molar-refractivity contribution is 5.92. The van der Waals surface area contributed by atoms with Crippen molar-refractivity contribution in [3.05, 3.63) is 53.9 Å². The Balaban J connectivity index is 1.29. The Kier molecular flexibility index (Phi) is 5.05. The van der Waals surface area contributed by atoms with E-state index in [4.69, 9.17) is 0 Å². The number of anilines is 2. The number of urea groups is 1. The molecule has 1 saturated carbocycles. The van der Waals surface area contributed by atoms with Gasteiger partial charge in [-0.05, 0) is 60.2 Å². The molecule has 1 aromatic carbocycles. The maximum Gasteiger partial charge on any atom is 0.322 e. The minimum Gasteiger partial charge on any atom is -0.326 e. The van der Waals surface area contributed by atoms with E-state index in [1.807, 2.05) is 36.5 Å². The lowest BCUT2D eigenvalue weighted by Gasteiger charge is -2.16. The Hall–Kier alpha value is -2.89. The van der Waals surface area contributed by atoms with Gasteiger partial charge in [-0.2, -0.15) is 0 Å². The summed E-state index contributed by atoms with van der Waals surface area (Å²) in [5, 5.41) is 5.86. The van der Waals surface area contributed by atoms with Crippen LogP contribution in [0.4, 0.5) is 16.2 Å². The molecule has 27 heavy (non-hydrogen) atoms. The number of benzene rings is 1. The number of carbonyl (C=O) groups is 2. The Labute approximate surface area is 159 Å². The van der Waals surface area contributed by atoms with Crippen LogP contribution in [0, 0.1) is 5.92 Å². The van der Waals surface area contributed by atoms with Crippen molar-refractivity contribution in [2.45, 2.75) is 45.2 Å². The molecule has 140 valence electrons. The van der Waals surface area contributed by atoms with Gasteiger partial charge in [-0.15, -0.1) is 0 Å². The molecule has 0 atom stereocenters. The summed E-state index contributed by atoms with van der Waals surface area (Å²) in [7, 11) is 0. The average Bonchev–Trinajstić information content (AvgIpc) is 3.32. The molecule has 0 radical (unpaired) electrons. The lowest BCUT2D eigenvalue weighted by atomic mass is 10.0. The molecule has 2 N–H and O–H groups in total. The number of nitrogens with zero attached hydrogens (tertiary/aromatic N) is 2. The molecule has 2 aliphatic rings. The molecule has 0 saturated heterocycles. The molecular formula is C21H24N4O2. The smallest absolute Gasteiger partial charge is 0.322 e. The van der Waals surface area contributed by atoms with Gasteiger partial charge < -0.3 is 15.5 Å². The highest BCUT2D eigenvalue weighted by atomic mass is 16.2. The topological polar surface area (TPSA) is 74.3 Å². The van der Waals surface area contributed by atoms with Crippen LogP contribution in [0.1, 0.15) is 43.2 Å². The maximum absolute atomic E-state index is 12.5. The number of amides is 3. The Morgan fingerprint density at radius 3 is 2.33 bits per heavy atom. The maximum atomic E-state index is 12.5. The van der Waals surface area contributed by atoms with E-state index < -0.39 is 0 Å². The second-order valence-corrected chi connectivity index (χ2v) is 7.41. The van der Waals surface area contributed by atoms with Gasteiger partial charge in [0.05, 0.1) is 0 Å². The fourth-order valence-electron chi connectivity index (χ4n) is 3.89. The number of hydrogen-bond acceptors (Lipinski definition) is 3. The van der Waals surface area contributed by atoms with Gasteiger partial charge in [-0.25, -0.2) is 4.79 Å². The van der Waals surface area contributed by atoms with E-state index in [0.717, 1.165) is 29.7 Å². The van der Waals surface area contributed by atoms with Crippen molar-refractivity contribution in [2.24, 2.45) is 5.92 Å². The zero-order valence-corrected chi connectivity index (χ0v) is 15.3. The molecule has 2 heterocycles. The number of aromatic nitrogens is 1. The fraction of sp³-hybridized carbons (Fsp3) is 0.381. The number of nitrogens with one attached hydrogen (secondary N) is 2. The molecule has 2 aromatic rings.